The number of aromatic hydroxyl groups is 1. The predicted octanol–water partition coefficient (Wildman–Crippen LogP) is 6.76. The van der Waals surface area contributed by atoms with Gasteiger partial charge in [0, 0.05) is 41.3 Å². The first-order chi connectivity index (χ1) is 15.9. The second kappa shape index (κ2) is 10.2. The number of phenols is 1. The third kappa shape index (κ3) is 6.41. The van der Waals surface area contributed by atoms with Gasteiger partial charge >= 0.3 is 0 Å². The maximum Gasteiger partial charge on any atom is 0.226 e. The Morgan fingerprint density at radius 2 is 1.62 bits per heavy atom. The molecule has 1 heterocycles. The monoisotopic (exact) mass is 464 g/mol. The number of para-hydroxylation sites is 1. The number of ether oxygens (including phenoxy) is 1. The van der Waals surface area contributed by atoms with E-state index in [9.17, 15) is 5.11 Å². The minimum Gasteiger partial charge on any atom is -0.507 e. The molecule has 5 heteroatoms. The normalized spacial score (nSPS) is 12.4. The van der Waals surface area contributed by atoms with E-state index in [1.807, 2.05) is 30.3 Å². The minimum atomic E-state index is -0.207. The van der Waals surface area contributed by atoms with E-state index in [0.717, 1.165) is 40.2 Å². The number of benzene rings is 2. The fourth-order valence-electron chi connectivity index (χ4n) is 3.83. The molecule has 0 atom stereocenters. The molecule has 3 aromatic rings. The highest BCUT2D eigenvalue weighted by Gasteiger charge is 2.27. The lowest BCUT2D eigenvalue weighted by atomic mass is 9.78. The summed E-state index contributed by atoms with van der Waals surface area (Å²) >= 11 is 0. The molecule has 184 valence electrons. The van der Waals surface area contributed by atoms with E-state index in [2.05, 4.69) is 66.8 Å². The van der Waals surface area contributed by atoms with Crippen LogP contribution in [-0.2, 0) is 23.8 Å². The molecule has 0 saturated carbocycles. The van der Waals surface area contributed by atoms with E-state index in [0.29, 0.717) is 30.7 Å². The number of phenolic OH excluding ortho intramolecular Hbond substituents is 1. The van der Waals surface area contributed by atoms with Gasteiger partial charge in [0.2, 0.25) is 5.89 Å². The van der Waals surface area contributed by atoms with Crippen molar-refractivity contribution in [1.29, 1.82) is 0 Å². The van der Waals surface area contributed by atoms with Crippen molar-refractivity contribution in [3.8, 4) is 23.0 Å². The van der Waals surface area contributed by atoms with Gasteiger partial charge in [0.1, 0.15) is 17.8 Å². The van der Waals surface area contributed by atoms with Crippen molar-refractivity contribution in [2.24, 2.45) is 0 Å². The second-order valence-electron chi connectivity index (χ2n) is 11.3. The van der Waals surface area contributed by atoms with Crippen molar-refractivity contribution in [2.45, 2.75) is 85.2 Å². The molecule has 0 amide bonds. The van der Waals surface area contributed by atoms with E-state index in [4.69, 9.17) is 14.1 Å². The van der Waals surface area contributed by atoms with Gasteiger partial charge in [-0.15, -0.1) is 0 Å². The van der Waals surface area contributed by atoms with Gasteiger partial charge in [-0.1, -0.05) is 73.6 Å². The molecule has 0 spiro atoms. The summed E-state index contributed by atoms with van der Waals surface area (Å²) in [6.07, 6.45) is 2.34. The Kier molecular flexibility index (Phi) is 7.77. The fourth-order valence-corrected chi connectivity index (χ4v) is 3.83. The maximum absolute atomic E-state index is 11.0. The van der Waals surface area contributed by atoms with Gasteiger partial charge in [0.15, 0.2) is 0 Å². The fraction of sp³-hybridized carbons (Fsp3) is 0.483. The summed E-state index contributed by atoms with van der Waals surface area (Å²) in [5.74, 6) is 1.81. The molecule has 0 aliphatic rings. The number of nitrogens with zero attached hydrogens (tertiary/aromatic N) is 1. The van der Waals surface area contributed by atoms with Crippen molar-refractivity contribution in [3.63, 3.8) is 0 Å². The third-order valence-electron chi connectivity index (χ3n) is 5.81. The third-order valence-corrected chi connectivity index (χ3v) is 5.81. The molecule has 2 N–H and O–H groups in total. The van der Waals surface area contributed by atoms with Gasteiger partial charge < -0.3 is 19.6 Å². The lowest BCUT2D eigenvalue weighted by Crippen LogP contribution is -2.22. The summed E-state index contributed by atoms with van der Waals surface area (Å²) in [6.45, 7) is 18.2. The summed E-state index contributed by atoms with van der Waals surface area (Å²) in [6, 6.07) is 12.5. The molecule has 0 bridgehead atoms. The van der Waals surface area contributed by atoms with E-state index in [1.165, 1.54) is 0 Å². The summed E-state index contributed by atoms with van der Waals surface area (Å²) in [4.78, 5) is 4.73. The van der Waals surface area contributed by atoms with Crippen LogP contribution < -0.4 is 10.1 Å². The Labute approximate surface area is 204 Å². The molecule has 3 rings (SSSR count). The lowest BCUT2D eigenvalue weighted by Gasteiger charge is -2.27. The Morgan fingerprint density at radius 3 is 2.21 bits per heavy atom. The summed E-state index contributed by atoms with van der Waals surface area (Å²) in [7, 11) is 0. The van der Waals surface area contributed by atoms with Crippen LogP contribution in [-0.4, -0.2) is 22.7 Å². The van der Waals surface area contributed by atoms with Crippen LogP contribution in [0.5, 0.6) is 11.5 Å². The van der Waals surface area contributed by atoms with Crippen LogP contribution >= 0.6 is 0 Å². The van der Waals surface area contributed by atoms with Crippen LogP contribution in [0.25, 0.3) is 11.5 Å². The first kappa shape index (κ1) is 25.8. The molecule has 0 saturated heterocycles. The number of rotatable bonds is 8. The van der Waals surface area contributed by atoms with Crippen molar-refractivity contribution in [2.75, 3.05) is 6.61 Å². The van der Waals surface area contributed by atoms with Gasteiger partial charge in [0.25, 0.3) is 0 Å². The highest BCUT2D eigenvalue weighted by atomic mass is 16.5. The molecule has 0 aliphatic heterocycles. The van der Waals surface area contributed by atoms with Gasteiger partial charge in [-0.2, -0.15) is 0 Å². The van der Waals surface area contributed by atoms with Crippen LogP contribution in [0, 0.1) is 0 Å². The average Bonchev–Trinajstić information content (AvgIpc) is 3.20. The summed E-state index contributed by atoms with van der Waals surface area (Å²) < 4.78 is 11.9. The standard InChI is InChI=1S/C29H40N2O3/c1-19(2)30-17-20-11-9-10-12-25(20)33-14-13-22-18-34-27(31-22)21-15-23(28(3,4)5)26(32)24(16-21)29(6,7)8/h9-12,15-16,18-19,30,32H,13-14,17H2,1-8H3. The number of hydrogen-bond acceptors (Lipinski definition) is 5. The summed E-state index contributed by atoms with van der Waals surface area (Å²) in [5, 5.41) is 14.4. The zero-order valence-electron chi connectivity index (χ0n) is 22.0. The predicted molar refractivity (Wildman–Crippen MR) is 139 cm³/mol. The van der Waals surface area contributed by atoms with E-state index in [1.54, 1.807) is 6.26 Å². The largest absolute Gasteiger partial charge is 0.507 e. The van der Waals surface area contributed by atoms with Crippen LogP contribution in [0.15, 0.2) is 47.1 Å². The van der Waals surface area contributed by atoms with Gasteiger partial charge in [0.05, 0.1) is 12.3 Å². The first-order valence-electron chi connectivity index (χ1n) is 12.1. The minimum absolute atomic E-state index is 0.207. The molecule has 0 fully saturated rings. The Bertz CT molecular complexity index is 1070. The molecule has 0 aliphatic carbocycles. The summed E-state index contributed by atoms with van der Waals surface area (Å²) in [5.41, 5.74) is 4.24. The molecule has 0 radical (unpaired) electrons. The second-order valence-corrected chi connectivity index (χ2v) is 11.3. The molecule has 2 aromatic carbocycles. The van der Waals surface area contributed by atoms with Crippen molar-refractivity contribution in [3.05, 3.63) is 65.0 Å². The van der Waals surface area contributed by atoms with Crippen molar-refractivity contribution in [1.82, 2.24) is 10.3 Å². The number of oxazole rings is 1. The average molecular weight is 465 g/mol. The number of hydrogen-bond donors (Lipinski definition) is 2. The molecule has 5 nitrogen and oxygen atoms in total. The van der Waals surface area contributed by atoms with Gasteiger partial charge in [-0.3, -0.25) is 0 Å². The molecular formula is C29H40N2O3. The van der Waals surface area contributed by atoms with Gasteiger partial charge in [-0.25, -0.2) is 4.98 Å². The molecule has 34 heavy (non-hydrogen) atoms. The Balaban J connectivity index is 1.77. The van der Waals surface area contributed by atoms with E-state index >= 15 is 0 Å². The molecular weight excluding hydrogens is 424 g/mol. The highest BCUT2D eigenvalue weighted by molar-refractivity contribution is 5.63. The number of nitrogens with one attached hydrogen (secondary N) is 1. The van der Waals surface area contributed by atoms with E-state index in [-0.39, 0.29) is 10.8 Å². The zero-order chi connectivity index (χ0) is 25.1. The lowest BCUT2D eigenvalue weighted by molar-refractivity contribution is 0.316. The Hall–Kier alpha value is -2.79. The van der Waals surface area contributed by atoms with Crippen LogP contribution in [0.2, 0.25) is 0 Å². The quantitative estimate of drug-likeness (QED) is 0.385. The van der Waals surface area contributed by atoms with Crippen molar-refractivity contribution < 1.29 is 14.3 Å². The van der Waals surface area contributed by atoms with E-state index < -0.39 is 0 Å². The van der Waals surface area contributed by atoms with Crippen LogP contribution in [0.3, 0.4) is 0 Å². The highest BCUT2D eigenvalue weighted by Crippen LogP contribution is 2.41. The first-order valence-corrected chi connectivity index (χ1v) is 12.1. The smallest absolute Gasteiger partial charge is 0.226 e. The maximum atomic E-state index is 11.0. The zero-order valence-corrected chi connectivity index (χ0v) is 22.0. The van der Waals surface area contributed by atoms with Gasteiger partial charge in [-0.05, 0) is 29.0 Å². The molecule has 1 aromatic heterocycles. The van der Waals surface area contributed by atoms with Crippen LogP contribution in [0.1, 0.15) is 77.8 Å². The molecule has 0 unspecified atom stereocenters. The number of aromatic nitrogens is 1. The topological polar surface area (TPSA) is 67.5 Å². The SMILES string of the molecule is CC(C)NCc1ccccc1OCCc1coc(-c2cc(C(C)(C)C)c(O)c(C(C)(C)C)c2)n1. The van der Waals surface area contributed by atoms with Crippen molar-refractivity contribution >= 4 is 0 Å². The Morgan fingerprint density at radius 1 is 1.00 bits per heavy atom. The van der Waals surface area contributed by atoms with Crippen LogP contribution in [0.4, 0.5) is 0 Å².